The highest BCUT2D eigenvalue weighted by molar-refractivity contribution is 5.13. The Balaban J connectivity index is 1.52. The van der Waals surface area contributed by atoms with Crippen molar-refractivity contribution in [3.05, 3.63) is 47.5 Å². The zero-order valence-corrected chi connectivity index (χ0v) is 13.2. The predicted octanol–water partition coefficient (Wildman–Crippen LogP) is 3.54. The molecule has 0 amide bonds. The van der Waals surface area contributed by atoms with Gasteiger partial charge in [-0.2, -0.15) is 0 Å². The van der Waals surface area contributed by atoms with Crippen LogP contribution in [0.5, 0.6) is 0 Å². The third kappa shape index (κ3) is 4.17. The van der Waals surface area contributed by atoms with Crippen LogP contribution in [-0.2, 0) is 30.7 Å². The smallest absolute Gasteiger partial charge is 0.135 e. The highest BCUT2D eigenvalue weighted by atomic mass is 16.5. The van der Waals surface area contributed by atoms with Crippen LogP contribution in [0.25, 0.3) is 0 Å². The van der Waals surface area contributed by atoms with Crippen molar-refractivity contribution >= 4 is 0 Å². The van der Waals surface area contributed by atoms with Gasteiger partial charge < -0.3 is 9.30 Å². The van der Waals surface area contributed by atoms with Crippen molar-refractivity contribution in [3.8, 4) is 0 Å². The van der Waals surface area contributed by atoms with Gasteiger partial charge in [0.25, 0.3) is 0 Å². The largest absolute Gasteiger partial charge is 0.376 e. The van der Waals surface area contributed by atoms with E-state index in [2.05, 4.69) is 26.9 Å². The van der Waals surface area contributed by atoms with Crippen molar-refractivity contribution in [2.24, 2.45) is 0 Å². The SMILES string of the molecule is c1ccc(COCCc2nnc3n2CCCCCCC3)cc1. The number of hydrogen-bond donors (Lipinski definition) is 0. The van der Waals surface area contributed by atoms with E-state index < -0.39 is 0 Å². The van der Waals surface area contributed by atoms with Gasteiger partial charge in [0.05, 0.1) is 13.2 Å². The van der Waals surface area contributed by atoms with Crippen LogP contribution < -0.4 is 0 Å². The highest BCUT2D eigenvalue weighted by Crippen LogP contribution is 2.15. The molecule has 3 rings (SSSR count). The molecule has 0 fully saturated rings. The zero-order chi connectivity index (χ0) is 15.0. The Morgan fingerprint density at radius 2 is 1.77 bits per heavy atom. The third-order valence-corrected chi connectivity index (χ3v) is 4.27. The Bertz CT molecular complexity index is 565. The van der Waals surface area contributed by atoms with Gasteiger partial charge in [-0.05, 0) is 18.4 Å². The molecule has 1 aliphatic heterocycles. The maximum absolute atomic E-state index is 5.78. The summed E-state index contributed by atoms with van der Waals surface area (Å²) < 4.78 is 8.11. The minimum absolute atomic E-state index is 0.668. The maximum Gasteiger partial charge on any atom is 0.135 e. The van der Waals surface area contributed by atoms with Gasteiger partial charge in [-0.15, -0.1) is 10.2 Å². The normalized spacial score (nSPS) is 15.6. The minimum Gasteiger partial charge on any atom is -0.376 e. The molecule has 22 heavy (non-hydrogen) atoms. The summed E-state index contributed by atoms with van der Waals surface area (Å²) in [6, 6.07) is 10.3. The van der Waals surface area contributed by atoms with Crippen molar-refractivity contribution in [1.82, 2.24) is 14.8 Å². The molecule has 0 saturated heterocycles. The van der Waals surface area contributed by atoms with Crippen molar-refractivity contribution in [2.75, 3.05) is 6.61 Å². The second-order valence-electron chi connectivity index (χ2n) is 5.99. The summed E-state index contributed by atoms with van der Waals surface area (Å²) in [5, 5.41) is 8.78. The van der Waals surface area contributed by atoms with Gasteiger partial charge in [0.15, 0.2) is 0 Å². The summed E-state index contributed by atoms with van der Waals surface area (Å²) in [4.78, 5) is 0. The molecule has 0 saturated carbocycles. The van der Waals surface area contributed by atoms with Crippen LogP contribution in [-0.4, -0.2) is 21.4 Å². The van der Waals surface area contributed by atoms with Crippen LogP contribution in [0.4, 0.5) is 0 Å². The Labute approximate surface area is 132 Å². The van der Waals surface area contributed by atoms with Gasteiger partial charge in [0, 0.05) is 19.4 Å². The molecule has 2 aromatic rings. The number of benzene rings is 1. The summed E-state index contributed by atoms with van der Waals surface area (Å²) in [5.41, 5.74) is 1.22. The summed E-state index contributed by atoms with van der Waals surface area (Å²) in [6.07, 6.45) is 8.39. The summed E-state index contributed by atoms with van der Waals surface area (Å²) in [5.74, 6) is 2.25. The fraction of sp³-hybridized carbons (Fsp3) is 0.556. The van der Waals surface area contributed by atoms with Crippen molar-refractivity contribution in [2.45, 2.75) is 58.1 Å². The number of rotatable bonds is 5. The van der Waals surface area contributed by atoms with E-state index in [1.807, 2.05) is 18.2 Å². The lowest BCUT2D eigenvalue weighted by Gasteiger charge is -2.09. The molecule has 0 aliphatic carbocycles. The van der Waals surface area contributed by atoms with Gasteiger partial charge in [-0.25, -0.2) is 0 Å². The van der Waals surface area contributed by atoms with E-state index >= 15 is 0 Å². The Kier molecular flexibility index (Phi) is 5.59. The monoisotopic (exact) mass is 299 g/mol. The average molecular weight is 299 g/mol. The lowest BCUT2D eigenvalue weighted by molar-refractivity contribution is 0.122. The van der Waals surface area contributed by atoms with E-state index in [1.165, 1.54) is 43.5 Å². The fourth-order valence-corrected chi connectivity index (χ4v) is 3.01. The van der Waals surface area contributed by atoms with E-state index in [-0.39, 0.29) is 0 Å². The van der Waals surface area contributed by atoms with Crippen LogP contribution in [0, 0.1) is 0 Å². The molecule has 2 heterocycles. The number of nitrogens with zero attached hydrogens (tertiary/aromatic N) is 3. The number of fused-ring (bicyclic) bond motifs is 1. The number of aryl methyl sites for hydroxylation is 1. The van der Waals surface area contributed by atoms with Crippen LogP contribution in [0.2, 0.25) is 0 Å². The van der Waals surface area contributed by atoms with Crippen molar-refractivity contribution in [3.63, 3.8) is 0 Å². The average Bonchev–Trinajstić information content (AvgIpc) is 2.97. The first kappa shape index (κ1) is 15.2. The van der Waals surface area contributed by atoms with E-state index in [4.69, 9.17) is 4.74 Å². The van der Waals surface area contributed by atoms with Crippen molar-refractivity contribution < 1.29 is 4.74 Å². The molecular formula is C18H25N3O. The standard InChI is InChI=1S/C18H25N3O/c1-2-7-11-17-19-20-18(21(17)13-8-3-1)12-14-22-15-16-9-5-4-6-10-16/h4-6,9-10H,1-3,7-8,11-15H2. The zero-order valence-electron chi connectivity index (χ0n) is 13.2. The number of hydrogen-bond acceptors (Lipinski definition) is 3. The second-order valence-corrected chi connectivity index (χ2v) is 5.99. The Hall–Kier alpha value is -1.68. The molecule has 1 aromatic carbocycles. The molecule has 0 spiro atoms. The quantitative estimate of drug-likeness (QED) is 0.793. The molecule has 1 aromatic heterocycles. The lowest BCUT2D eigenvalue weighted by Crippen LogP contribution is -2.10. The molecule has 0 radical (unpaired) electrons. The molecule has 0 bridgehead atoms. The van der Waals surface area contributed by atoms with E-state index in [0.29, 0.717) is 13.2 Å². The van der Waals surface area contributed by atoms with Crippen LogP contribution in [0.15, 0.2) is 30.3 Å². The number of ether oxygens (including phenoxy) is 1. The highest BCUT2D eigenvalue weighted by Gasteiger charge is 2.12. The molecular weight excluding hydrogens is 274 g/mol. The van der Waals surface area contributed by atoms with E-state index in [9.17, 15) is 0 Å². The molecule has 4 nitrogen and oxygen atoms in total. The van der Waals surface area contributed by atoms with E-state index in [1.54, 1.807) is 0 Å². The van der Waals surface area contributed by atoms with Gasteiger partial charge in [0.2, 0.25) is 0 Å². The summed E-state index contributed by atoms with van der Waals surface area (Å²) >= 11 is 0. The van der Waals surface area contributed by atoms with Gasteiger partial charge in [-0.3, -0.25) is 0 Å². The summed E-state index contributed by atoms with van der Waals surface area (Å²) in [7, 11) is 0. The molecule has 0 atom stereocenters. The first-order valence-electron chi connectivity index (χ1n) is 8.46. The Morgan fingerprint density at radius 3 is 2.68 bits per heavy atom. The van der Waals surface area contributed by atoms with Gasteiger partial charge >= 0.3 is 0 Å². The van der Waals surface area contributed by atoms with Gasteiger partial charge in [-0.1, -0.05) is 49.6 Å². The summed E-state index contributed by atoms with van der Waals surface area (Å²) in [6.45, 7) is 2.44. The van der Waals surface area contributed by atoms with Crippen molar-refractivity contribution in [1.29, 1.82) is 0 Å². The van der Waals surface area contributed by atoms with Crippen LogP contribution >= 0.6 is 0 Å². The molecule has 118 valence electrons. The fourth-order valence-electron chi connectivity index (χ4n) is 3.01. The third-order valence-electron chi connectivity index (χ3n) is 4.27. The molecule has 0 N–H and O–H groups in total. The van der Waals surface area contributed by atoms with Crippen LogP contribution in [0.1, 0.15) is 49.3 Å². The van der Waals surface area contributed by atoms with Gasteiger partial charge in [0.1, 0.15) is 11.6 Å². The Morgan fingerprint density at radius 1 is 0.955 bits per heavy atom. The lowest BCUT2D eigenvalue weighted by atomic mass is 10.1. The topological polar surface area (TPSA) is 39.9 Å². The molecule has 0 unspecified atom stereocenters. The molecule has 4 heteroatoms. The van der Waals surface area contributed by atoms with E-state index in [0.717, 1.165) is 25.2 Å². The maximum atomic E-state index is 5.78. The number of aromatic nitrogens is 3. The predicted molar refractivity (Wildman–Crippen MR) is 86.6 cm³/mol. The second kappa shape index (κ2) is 8.08. The van der Waals surface area contributed by atoms with Crippen LogP contribution in [0.3, 0.4) is 0 Å². The minimum atomic E-state index is 0.668. The first-order valence-corrected chi connectivity index (χ1v) is 8.46. The first-order chi connectivity index (χ1) is 10.9. The molecule has 1 aliphatic rings.